The summed E-state index contributed by atoms with van der Waals surface area (Å²) in [5.41, 5.74) is 0. The van der Waals surface area contributed by atoms with Crippen molar-refractivity contribution in [2.75, 3.05) is 46.2 Å². The maximum atomic E-state index is 5.50. The van der Waals surface area contributed by atoms with Crippen LogP contribution in [-0.2, 0) is 18.9 Å². The van der Waals surface area contributed by atoms with E-state index < -0.39 is 0 Å². The molecule has 0 bridgehead atoms. The Morgan fingerprint density at radius 3 is 1.75 bits per heavy atom. The molecule has 0 aliphatic rings. The van der Waals surface area contributed by atoms with Gasteiger partial charge in [0, 0.05) is 6.61 Å². The van der Waals surface area contributed by atoms with Crippen LogP contribution in [0.4, 0.5) is 0 Å². The summed E-state index contributed by atoms with van der Waals surface area (Å²) in [4.78, 5) is 0. The molecule has 0 unspecified atom stereocenters. The monoisotopic (exact) mass is 288 g/mol. The summed E-state index contributed by atoms with van der Waals surface area (Å²) in [5, 5.41) is 0. The first-order valence-electron chi connectivity index (χ1n) is 7.87. The number of unbranched alkanes of at least 4 members (excludes halogenated alkanes) is 5. The third-order valence-corrected chi connectivity index (χ3v) is 2.85. The van der Waals surface area contributed by atoms with Crippen LogP contribution in [0.1, 0.15) is 45.4 Å². The molecule has 4 heteroatoms. The maximum Gasteiger partial charge on any atom is 0.111 e. The highest BCUT2D eigenvalue weighted by Crippen LogP contribution is 2.04. The molecule has 0 fully saturated rings. The first kappa shape index (κ1) is 19.4. The van der Waals surface area contributed by atoms with Crippen molar-refractivity contribution < 1.29 is 18.9 Å². The van der Waals surface area contributed by atoms with Gasteiger partial charge in [-0.05, 0) is 6.42 Å². The molecule has 0 saturated heterocycles. The van der Waals surface area contributed by atoms with Crippen LogP contribution in [0.25, 0.3) is 0 Å². The summed E-state index contributed by atoms with van der Waals surface area (Å²) in [6.07, 6.45) is 9.21. The van der Waals surface area contributed by atoms with Crippen molar-refractivity contribution in [3.05, 3.63) is 12.8 Å². The molecule has 0 saturated carbocycles. The molecular weight excluding hydrogens is 256 g/mol. The van der Waals surface area contributed by atoms with Gasteiger partial charge < -0.3 is 18.9 Å². The Morgan fingerprint density at radius 2 is 1.15 bits per heavy atom. The van der Waals surface area contributed by atoms with Gasteiger partial charge in [0.15, 0.2) is 0 Å². The van der Waals surface area contributed by atoms with E-state index in [9.17, 15) is 0 Å². The first-order valence-corrected chi connectivity index (χ1v) is 7.87. The second kappa shape index (κ2) is 18.4. The van der Waals surface area contributed by atoms with Crippen molar-refractivity contribution in [1.29, 1.82) is 0 Å². The van der Waals surface area contributed by atoms with Crippen molar-refractivity contribution in [2.24, 2.45) is 0 Å². The minimum atomic E-state index is 0.546. The molecule has 120 valence electrons. The van der Waals surface area contributed by atoms with Gasteiger partial charge in [-0.25, -0.2) is 0 Å². The predicted molar refractivity (Wildman–Crippen MR) is 82.0 cm³/mol. The highest BCUT2D eigenvalue weighted by Gasteiger charge is 1.93. The molecule has 0 aliphatic heterocycles. The van der Waals surface area contributed by atoms with Crippen LogP contribution in [0.15, 0.2) is 12.8 Å². The molecule has 0 atom stereocenters. The van der Waals surface area contributed by atoms with E-state index in [0.29, 0.717) is 39.6 Å². The minimum absolute atomic E-state index is 0.546. The summed E-state index contributed by atoms with van der Waals surface area (Å²) < 4.78 is 21.1. The Hall–Kier alpha value is -0.580. The van der Waals surface area contributed by atoms with E-state index in [1.165, 1.54) is 38.4 Å². The second-order valence-electron chi connectivity index (χ2n) is 4.64. The standard InChI is InChI=1S/C16H32O4/c1-3-5-6-7-8-9-10-18-13-14-20-16-15-19-12-11-17-4-2/h4H,2-3,5-16H2,1H3. The molecule has 0 radical (unpaired) electrons. The lowest BCUT2D eigenvalue weighted by Gasteiger charge is -2.07. The van der Waals surface area contributed by atoms with E-state index in [0.717, 1.165) is 13.0 Å². The second-order valence-corrected chi connectivity index (χ2v) is 4.64. The van der Waals surface area contributed by atoms with Crippen LogP contribution in [0.5, 0.6) is 0 Å². The maximum absolute atomic E-state index is 5.50. The van der Waals surface area contributed by atoms with E-state index in [1.807, 2.05) is 0 Å². The fourth-order valence-electron chi connectivity index (χ4n) is 1.72. The van der Waals surface area contributed by atoms with Gasteiger partial charge in [0.1, 0.15) is 6.61 Å². The van der Waals surface area contributed by atoms with Crippen molar-refractivity contribution in [3.63, 3.8) is 0 Å². The first-order chi connectivity index (χ1) is 9.91. The number of rotatable bonds is 17. The van der Waals surface area contributed by atoms with E-state index in [-0.39, 0.29) is 0 Å². The quantitative estimate of drug-likeness (QED) is 0.303. The zero-order chi connectivity index (χ0) is 14.7. The largest absolute Gasteiger partial charge is 0.499 e. The Balaban J connectivity index is 2.90. The molecule has 0 rings (SSSR count). The molecule has 4 nitrogen and oxygen atoms in total. The fourth-order valence-corrected chi connectivity index (χ4v) is 1.72. The van der Waals surface area contributed by atoms with Gasteiger partial charge in [0.2, 0.25) is 0 Å². The summed E-state index contributed by atoms with van der Waals surface area (Å²) >= 11 is 0. The van der Waals surface area contributed by atoms with E-state index in [2.05, 4.69) is 13.5 Å². The molecule has 0 spiro atoms. The highest BCUT2D eigenvalue weighted by molar-refractivity contribution is 4.47. The Bertz CT molecular complexity index is 185. The summed E-state index contributed by atoms with van der Waals surface area (Å²) in [5.74, 6) is 0. The van der Waals surface area contributed by atoms with Gasteiger partial charge in [-0.15, -0.1) is 0 Å². The van der Waals surface area contributed by atoms with Crippen LogP contribution >= 0.6 is 0 Å². The number of ether oxygens (including phenoxy) is 4. The molecule has 0 aromatic rings. The van der Waals surface area contributed by atoms with E-state index >= 15 is 0 Å². The van der Waals surface area contributed by atoms with E-state index in [1.54, 1.807) is 0 Å². The topological polar surface area (TPSA) is 36.9 Å². The lowest BCUT2D eigenvalue weighted by atomic mass is 10.1. The van der Waals surface area contributed by atoms with Crippen LogP contribution < -0.4 is 0 Å². The zero-order valence-corrected chi connectivity index (χ0v) is 13.1. The average Bonchev–Trinajstić information content (AvgIpc) is 2.47. The van der Waals surface area contributed by atoms with Crippen LogP contribution in [0, 0.1) is 0 Å². The number of hydrogen-bond acceptors (Lipinski definition) is 4. The molecule has 20 heavy (non-hydrogen) atoms. The number of hydrogen-bond donors (Lipinski definition) is 0. The van der Waals surface area contributed by atoms with Crippen LogP contribution in [0.3, 0.4) is 0 Å². The van der Waals surface area contributed by atoms with Crippen LogP contribution in [-0.4, -0.2) is 46.2 Å². The van der Waals surface area contributed by atoms with Crippen molar-refractivity contribution >= 4 is 0 Å². The fraction of sp³-hybridized carbons (Fsp3) is 0.875. The molecule has 0 aromatic heterocycles. The van der Waals surface area contributed by atoms with E-state index in [4.69, 9.17) is 18.9 Å². The third-order valence-electron chi connectivity index (χ3n) is 2.85. The molecule has 0 N–H and O–H groups in total. The van der Waals surface area contributed by atoms with Crippen molar-refractivity contribution in [3.8, 4) is 0 Å². The van der Waals surface area contributed by atoms with Gasteiger partial charge in [-0.1, -0.05) is 45.6 Å². The summed E-state index contributed by atoms with van der Waals surface area (Å²) in [6.45, 7) is 10.2. The lowest BCUT2D eigenvalue weighted by molar-refractivity contribution is 0.00608. The Kier molecular flexibility index (Phi) is 17.9. The van der Waals surface area contributed by atoms with Crippen molar-refractivity contribution in [1.82, 2.24) is 0 Å². The SMILES string of the molecule is C=COCCOCCOCCOCCCCCCCC. The average molecular weight is 288 g/mol. The minimum Gasteiger partial charge on any atom is -0.499 e. The molecule has 0 aliphatic carbocycles. The highest BCUT2D eigenvalue weighted by atomic mass is 16.6. The summed E-state index contributed by atoms with van der Waals surface area (Å²) in [6, 6.07) is 0. The van der Waals surface area contributed by atoms with Crippen molar-refractivity contribution in [2.45, 2.75) is 45.4 Å². The zero-order valence-electron chi connectivity index (χ0n) is 13.1. The smallest absolute Gasteiger partial charge is 0.111 e. The molecule has 0 aromatic carbocycles. The lowest BCUT2D eigenvalue weighted by Crippen LogP contribution is -2.11. The Labute approximate surface area is 124 Å². The van der Waals surface area contributed by atoms with Gasteiger partial charge in [0.25, 0.3) is 0 Å². The van der Waals surface area contributed by atoms with Gasteiger partial charge in [-0.3, -0.25) is 0 Å². The Morgan fingerprint density at radius 1 is 0.650 bits per heavy atom. The summed E-state index contributed by atoms with van der Waals surface area (Å²) in [7, 11) is 0. The third kappa shape index (κ3) is 17.4. The van der Waals surface area contributed by atoms with Gasteiger partial charge in [0.05, 0.1) is 39.3 Å². The van der Waals surface area contributed by atoms with Gasteiger partial charge in [-0.2, -0.15) is 0 Å². The van der Waals surface area contributed by atoms with Crippen LogP contribution in [0.2, 0.25) is 0 Å². The normalized spacial score (nSPS) is 10.7. The molecule has 0 amide bonds. The molecule has 0 heterocycles. The van der Waals surface area contributed by atoms with Gasteiger partial charge >= 0.3 is 0 Å². The molecular formula is C16H32O4. The predicted octanol–water partition coefficient (Wildman–Crippen LogP) is 3.56.